The predicted octanol–water partition coefficient (Wildman–Crippen LogP) is 3.28. The molecule has 1 rings (SSSR count). The summed E-state index contributed by atoms with van der Waals surface area (Å²) in [6.45, 7) is 0. The number of hydrogen-bond acceptors (Lipinski definition) is 2. The Morgan fingerprint density at radius 1 is 1.29 bits per heavy atom. The van der Waals surface area contributed by atoms with Crippen molar-refractivity contribution in [1.82, 2.24) is 0 Å². The lowest BCUT2D eigenvalue weighted by molar-refractivity contribution is -0.137. The van der Waals surface area contributed by atoms with Crippen molar-refractivity contribution in [3.8, 4) is 0 Å². The van der Waals surface area contributed by atoms with Crippen molar-refractivity contribution in [2.24, 2.45) is 5.16 Å². The summed E-state index contributed by atoms with van der Waals surface area (Å²) in [5, 5.41) is 10.8. The molecule has 0 fully saturated rings. The van der Waals surface area contributed by atoms with Gasteiger partial charge in [-0.2, -0.15) is 13.2 Å². The molecule has 1 aromatic carbocycles. The van der Waals surface area contributed by atoms with Crippen LogP contribution in [-0.2, 0) is 6.18 Å². The molecule has 0 aromatic heterocycles. The van der Waals surface area contributed by atoms with Gasteiger partial charge >= 0.3 is 6.18 Å². The van der Waals surface area contributed by atoms with Crippen molar-refractivity contribution in [2.45, 2.75) is 6.18 Å². The summed E-state index contributed by atoms with van der Waals surface area (Å²) in [6.07, 6.45) is -3.47. The van der Waals surface area contributed by atoms with Gasteiger partial charge < -0.3 is 5.21 Å². The number of alkyl halides is 3. The summed E-state index contributed by atoms with van der Waals surface area (Å²) < 4.78 is 37.1. The standard InChI is InChI=1S/C8H5BrF3NO/c9-7-2-5(4-13-14)1-6(3-7)8(10,11)12/h1-4,14H. The number of benzene rings is 1. The Labute approximate surface area is 86.2 Å². The van der Waals surface area contributed by atoms with Crippen molar-refractivity contribution in [2.75, 3.05) is 0 Å². The van der Waals surface area contributed by atoms with E-state index in [0.29, 0.717) is 0 Å². The lowest BCUT2D eigenvalue weighted by Crippen LogP contribution is -2.05. The van der Waals surface area contributed by atoms with Crippen LogP contribution in [0.5, 0.6) is 0 Å². The van der Waals surface area contributed by atoms with Gasteiger partial charge in [0.1, 0.15) is 0 Å². The highest BCUT2D eigenvalue weighted by Crippen LogP contribution is 2.31. The van der Waals surface area contributed by atoms with Gasteiger partial charge in [-0.3, -0.25) is 0 Å². The van der Waals surface area contributed by atoms with Gasteiger partial charge in [-0.25, -0.2) is 0 Å². The Bertz CT molecular complexity index is 362. The molecular formula is C8H5BrF3NO. The van der Waals surface area contributed by atoms with Crippen LogP contribution in [0.25, 0.3) is 0 Å². The van der Waals surface area contributed by atoms with E-state index in [0.717, 1.165) is 18.3 Å². The van der Waals surface area contributed by atoms with E-state index in [2.05, 4.69) is 21.1 Å². The van der Waals surface area contributed by atoms with Crippen LogP contribution >= 0.6 is 15.9 Å². The van der Waals surface area contributed by atoms with E-state index in [1.807, 2.05) is 0 Å². The Morgan fingerprint density at radius 3 is 2.43 bits per heavy atom. The summed E-state index contributed by atoms with van der Waals surface area (Å²) in [5.41, 5.74) is -0.615. The SMILES string of the molecule is ON=Cc1cc(Br)cc(C(F)(F)F)c1. The first-order valence-electron chi connectivity index (χ1n) is 3.48. The number of halogens is 4. The molecule has 0 saturated carbocycles. The van der Waals surface area contributed by atoms with Gasteiger partial charge in [0.25, 0.3) is 0 Å². The van der Waals surface area contributed by atoms with Crippen molar-refractivity contribution in [1.29, 1.82) is 0 Å². The number of hydrogen-bond donors (Lipinski definition) is 1. The zero-order valence-electron chi connectivity index (χ0n) is 6.72. The van der Waals surface area contributed by atoms with Crippen molar-refractivity contribution in [3.05, 3.63) is 33.8 Å². The van der Waals surface area contributed by atoms with E-state index < -0.39 is 11.7 Å². The molecule has 0 atom stereocenters. The number of nitrogens with zero attached hydrogens (tertiary/aromatic N) is 1. The summed E-state index contributed by atoms with van der Waals surface area (Å²) in [5.74, 6) is 0. The van der Waals surface area contributed by atoms with Crippen LogP contribution in [0.4, 0.5) is 13.2 Å². The minimum Gasteiger partial charge on any atom is -0.411 e. The number of rotatable bonds is 1. The first-order chi connectivity index (χ1) is 6.43. The van der Waals surface area contributed by atoms with E-state index in [1.165, 1.54) is 6.07 Å². The van der Waals surface area contributed by atoms with Crippen molar-refractivity contribution >= 4 is 22.1 Å². The molecule has 1 N–H and O–H groups in total. The van der Waals surface area contributed by atoms with Gasteiger partial charge in [0.15, 0.2) is 0 Å². The minimum atomic E-state index is -4.40. The van der Waals surface area contributed by atoms with Crippen LogP contribution < -0.4 is 0 Å². The maximum Gasteiger partial charge on any atom is 0.416 e. The lowest BCUT2D eigenvalue weighted by atomic mass is 10.1. The van der Waals surface area contributed by atoms with Gasteiger partial charge in [0, 0.05) is 4.47 Å². The fourth-order valence-corrected chi connectivity index (χ4v) is 1.43. The molecule has 0 amide bonds. The predicted molar refractivity (Wildman–Crippen MR) is 48.5 cm³/mol. The Morgan fingerprint density at radius 2 is 1.93 bits per heavy atom. The lowest BCUT2D eigenvalue weighted by Gasteiger charge is -2.07. The van der Waals surface area contributed by atoms with Crippen LogP contribution in [0.2, 0.25) is 0 Å². The molecule has 0 aliphatic rings. The van der Waals surface area contributed by atoms with Crippen LogP contribution in [0.3, 0.4) is 0 Å². The molecule has 0 aliphatic heterocycles. The van der Waals surface area contributed by atoms with Gasteiger partial charge in [-0.05, 0) is 23.8 Å². The Kier molecular flexibility index (Phi) is 3.15. The average Bonchev–Trinajstić information content (AvgIpc) is 2.02. The molecule has 2 nitrogen and oxygen atoms in total. The zero-order chi connectivity index (χ0) is 10.8. The van der Waals surface area contributed by atoms with Crippen molar-refractivity contribution in [3.63, 3.8) is 0 Å². The highest BCUT2D eigenvalue weighted by atomic mass is 79.9. The summed E-state index contributed by atoms with van der Waals surface area (Å²) in [6, 6.07) is 3.26. The van der Waals surface area contributed by atoms with Gasteiger partial charge in [-0.1, -0.05) is 21.1 Å². The molecule has 0 aliphatic carbocycles. The molecule has 76 valence electrons. The monoisotopic (exact) mass is 267 g/mol. The summed E-state index contributed by atoms with van der Waals surface area (Å²) in [4.78, 5) is 0. The summed E-state index contributed by atoms with van der Waals surface area (Å²) >= 11 is 2.93. The first kappa shape index (κ1) is 11.0. The fraction of sp³-hybridized carbons (Fsp3) is 0.125. The van der Waals surface area contributed by atoms with Crippen molar-refractivity contribution < 1.29 is 18.4 Å². The van der Waals surface area contributed by atoms with E-state index in [-0.39, 0.29) is 10.0 Å². The van der Waals surface area contributed by atoms with Crippen LogP contribution in [0.1, 0.15) is 11.1 Å². The highest BCUT2D eigenvalue weighted by Gasteiger charge is 2.30. The van der Waals surface area contributed by atoms with E-state index >= 15 is 0 Å². The Hall–Kier alpha value is -1.04. The second-order valence-electron chi connectivity index (χ2n) is 2.52. The second-order valence-corrected chi connectivity index (χ2v) is 3.43. The molecule has 0 bridgehead atoms. The Balaban J connectivity index is 3.20. The molecule has 14 heavy (non-hydrogen) atoms. The molecule has 0 saturated heterocycles. The highest BCUT2D eigenvalue weighted by molar-refractivity contribution is 9.10. The maximum absolute atomic E-state index is 12.3. The van der Waals surface area contributed by atoms with E-state index in [4.69, 9.17) is 5.21 Å². The molecule has 0 heterocycles. The molecule has 6 heteroatoms. The molecule has 1 aromatic rings. The third kappa shape index (κ3) is 2.73. The first-order valence-corrected chi connectivity index (χ1v) is 4.28. The smallest absolute Gasteiger partial charge is 0.411 e. The normalized spacial score (nSPS) is 12.3. The molecule has 0 spiro atoms. The van der Waals surface area contributed by atoms with Gasteiger partial charge in [0.2, 0.25) is 0 Å². The summed E-state index contributed by atoms with van der Waals surface area (Å²) in [7, 11) is 0. The number of oxime groups is 1. The molecule has 0 radical (unpaired) electrons. The van der Waals surface area contributed by atoms with E-state index in [9.17, 15) is 13.2 Å². The van der Waals surface area contributed by atoms with Gasteiger partial charge in [0.05, 0.1) is 11.8 Å². The maximum atomic E-state index is 12.3. The largest absolute Gasteiger partial charge is 0.416 e. The fourth-order valence-electron chi connectivity index (χ4n) is 0.917. The van der Waals surface area contributed by atoms with E-state index in [1.54, 1.807) is 0 Å². The molecule has 0 unspecified atom stereocenters. The van der Waals surface area contributed by atoms with Crippen LogP contribution in [0.15, 0.2) is 27.8 Å². The van der Waals surface area contributed by atoms with Crippen LogP contribution in [-0.4, -0.2) is 11.4 Å². The quantitative estimate of drug-likeness (QED) is 0.473. The third-order valence-electron chi connectivity index (χ3n) is 1.45. The minimum absolute atomic E-state index is 0.175. The second kappa shape index (κ2) is 4.00. The topological polar surface area (TPSA) is 32.6 Å². The van der Waals surface area contributed by atoms with Crippen LogP contribution in [0, 0.1) is 0 Å². The zero-order valence-corrected chi connectivity index (χ0v) is 8.30. The van der Waals surface area contributed by atoms with Gasteiger partial charge in [-0.15, -0.1) is 0 Å². The third-order valence-corrected chi connectivity index (χ3v) is 1.91. The average molecular weight is 268 g/mol. The molecular weight excluding hydrogens is 263 g/mol.